The van der Waals surface area contributed by atoms with Gasteiger partial charge >= 0.3 is 0 Å². The zero-order chi connectivity index (χ0) is 41.1. The Morgan fingerprint density at radius 2 is 1.15 bits per heavy atom. The molecule has 2 aromatic heterocycles. The number of hydrogen-bond acceptors (Lipinski definition) is 6. The quantitative estimate of drug-likeness (QED) is 0.142. The monoisotopic (exact) mass is 787 g/mol. The average molecular weight is 788 g/mol. The number of allylic oxidation sites excluding steroid dienone is 5. The van der Waals surface area contributed by atoms with E-state index in [2.05, 4.69) is 127 Å². The van der Waals surface area contributed by atoms with Crippen LogP contribution in [-0.2, 0) is 0 Å². The summed E-state index contributed by atoms with van der Waals surface area (Å²) in [6.07, 6.45) is 12.2. The summed E-state index contributed by atoms with van der Waals surface area (Å²) in [7, 11) is 0. The average Bonchev–Trinajstić information content (AvgIpc) is 3.73. The molecule has 1 aliphatic heterocycles. The van der Waals surface area contributed by atoms with Gasteiger partial charge in [0.05, 0.1) is 0 Å². The fraction of sp³-hybridized carbons (Fsp3) is 0.0364. The molecule has 6 nitrogen and oxygen atoms in total. The Morgan fingerprint density at radius 3 is 1.75 bits per heavy atom. The third-order valence-corrected chi connectivity index (χ3v) is 11.1. The van der Waals surface area contributed by atoms with E-state index in [1.54, 1.807) is 0 Å². The Labute approximate surface area is 354 Å². The van der Waals surface area contributed by atoms with E-state index in [1.807, 2.05) is 85.8 Å². The number of benzene rings is 7. The van der Waals surface area contributed by atoms with Gasteiger partial charge in [0.1, 0.15) is 11.2 Å². The minimum absolute atomic E-state index is 0.614. The van der Waals surface area contributed by atoms with Crippen molar-refractivity contribution in [1.82, 2.24) is 20.3 Å². The van der Waals surface area contributed by atoms with Crippen LogP contribution in [0.15, 0.2) is 205 Å². The van der Waals surface area contributed by atoms with Gasteiger partial charge < -0.3 is 15.5 Å². The lowest BCUT2D eigenvalue weighted by Crippen LogP contribution is -2.14. The lowest BCUT2D eigenvalue weighted by molar-refractivity contribution is 0.670. The Kier molecular flexibility index (Phi) is 9.93. The fourth-order valence-electron chi connectivity index (χ4n) is 7.93. The van der Waals surface area contributed by atoms with Crippen molar-refractivity contribution in [3.8, 4) is 67.5 Å². The maximum atomic E-state index is 6.84. The summed E-state index contributed by atoms with van der Waals surface area (Å²) in [5.41, 5.74) is 21.2. The third kappa shape index (κ3) is 7.43. The predicted octanol–water partition coefficient (Wildman–Crippen LogP) is 13.1. The van der Waals surface area contributed by atoms with Gasteiger partial charge in [0.15, 0.2) is 17.5 Å². The van der Waals surface area contributed by atoms with Crippen LogP contribution in [0.3, 0.4) is 0 Å². The number of nitrogens with two attached hydrogens (primary N) is 1. The molecule has 0 aliphatic carbocycles. The molecule has 0 amide bonds. The van der Waals surface area contributed by atoms with E-state index < -0.39 is 0 Å². The van der Waals surface area contributed by atoms with E-state index in [9.17, 15) is 0 Å². The Hall–Kier alpha value is -8.09. The number of furan rings is 1. The SMILES string of the molecule is C/C=C\C=C(/N)c1ccc(-c2cc(-c3ccc(C4=CC=CCN4)cc3)c3oc4cccc(-c5ccc(-c6nc(-c7ccccc7)nc(-c7ccccc7)n6)cc5)c4c3c2)cc1. The lowest BCUT2D eigenvalue weighted by atomic mass is 9.92. The first kappa shape index (κ1) is 37.2. The largest absolute Gasteiger partial charge is 0.455 e. The fourth-order valence-corrected chi connectivity index (χ4v) is 7.93. The van der Waals surface area contributed by atoms with Crippen molar-refractivity contribution < 1.29 is 4.42 Å². The highest BCUT2D eigenvalue weighted by atomic mass is 16.3. The highest BCUT2D eigenvalue weighted by molar-refractivity contribution is 6.16. The van der Waals surface area contributed by atoms with Gasteiger partial charge in [-0.1, -0.05) is 170 Å². The molecule has 0 unspecified atom stereocenters. The lowest BCUT2D eigenvalue weighted by Gasteiger charge is -2.13. The van der Waals surface area contributed by atoms with Crippen molar-refractivity contribution in [2.45, 2.75) is 6.92 Å². The molecule has 0 saturated heterocycles. The van der Waals surface area contributed by atoms with E-state index in [0.717, 1.165) is 101 Å². The van der Waals surface area contributed by atoms with Gasteiger partial charge in [0.2, 0.25) is 0 Å². The molecule has 292 valence electrons. The van der Waals surface area contributed by atoms with Crippen LogP contribution in [-0.4, -0.2) is 21.5 Å². The second-order valence-electron chi connectivity index (χ2n) is 15.0. The zero-order valence-corrected chi connectivity index (χ0v) is 33.6. The van der Waals surface area contributed by atoms with Crippen molar-refractivity contribution in [2.24, 2.45) is 5.73 Å². The van der Waals surface area contributed by atoms with Crippen LogP contribution in [0, 0.1) is 0 Å². The number of nitrogens with zero attached hydrogens (tertiary/aromatic N) is 3. The van der Waals surface area contributed by atoms with Crippen LogP contribution in [0.4, 0.5) is 0 Å². The van der Waals surface area contributed by atoms with E-state index in [-0.39, 0.29) is 0 Å². The van der Waals surface area contributed by atoms with E-state index in [0.29, 0.717) is 17.5 Å². The summed E-state index contributed by atoms with van der Waals surface area (Å²) in [6.45, 7) is 2.80. The number of dihydropyridines is 1. The molecule has 3 N–H and O–H groups in total. The molecule has 61 heavy (non-hydrogen) atoms. The third-order valence-electron chi connectivity index (χ3n) is 11.1. The van der Waals surface area contributed by atoms with Crippen molar-refractivity contribution in [1.29, 1.82) is 0 Å². The van der Waals surface area contributed by atoms with Crippen molar-refractivity contribution in [2.75, 3.05) is 6.54 Å². The van der Waals surface area contributed by atoms with Gasteiger partial charge in [0.25, 0.3) is 0 Å². The molecule has 3 heterocycles. The number of rotatable bonds is 9. The van der Waals surface area contributed by atoms with Crippen LogP contribution in [0.1, 0.15) is 18.1 Å². The first-order valence-corrected chi connectivity index (χ1v) is 20.5. The maximum Gasteiger partial charge on any atom is 0.164 e. The van der Waals surface area contributed by atoms with Gasteiger partial charge in [-0.2, -0.15) is 0 Å². The van der Waals surface area contributed by atoms with E-state index in [4.69, 9.17) is 25.1 Å². The van der Waals surface area contributed by atoms with Crippen LogP contribution in [0.5, 0.6) is 0 Å². The standard InChI is InChI=1S/C55H41N5O/c1-2-3-18-48(56)39-27-21-36(22-28-39)44-34-46(38-23-29-40(30-24-38)49-19-10-11-33-57-49)52-47(35-44)51-45(17-12-20-50(51)61-52)37-25-31-43(32-26-37)55-59-53(41-13-6-4-7-14-41)58-54(60-55)42-15-8-5-9-16-42/h2-32,34-35,57H,33,56H2,1H3/b3-2-,48-18-. The number of aromatic nitrogens is 3. The normalized spacial score (nSPS) is 12.9. The van der Waals surface area contributed by atoms with E-state index >= 15 is 0 Å². The molecular weight excluding hydrogens is 747 g/mol. The molecule has 0 saturated carbocycles. The summed E-state index contributed by atoms with van der Waals surface area (Å²) >= 11 is 0. The highest BCUT2D eigenvalue weighted by Crippen LogP contribution is 2.43. The first-order valence-electron chi connectivity index (χ1n) is 20.5. The smallest absolute Gasteiger partial charge is 0.164 e. The van der Waals surface area contributed by atoms with E-state index in [1.165, 1.54) is 0 Å². The molecule has 0 bridgehead atoms. The van der Waals surface area contributed by atoms with Crippen LogP contribution >= 0.6 is 0 Å². The number of hydrogen-bond donors (Lipinski definition) is 2. The number of nitrogens with one attached hydrogen (secondary N) is 1. The Bertz CT molecular complexity index is 3100. The molecule has 6 heteroatoms. The number of fused-ring (bicyclic) bond motifs is 3. The summed E-state index contributed by atoms with van der Waals surface area (Å²) in [4.78, 5) is 14.8. The van der Waals surface area contributed by atoms with Crippen LogP contribution in [0.2, 0.25) is 0 Å². The van der Waals surface area contributed by atoms with Gasteiger partial charge in [-0.25, -0.2) is 15.0 Å². The molecule has 0 atom stereocenters. The minimum Gasteiger partial charge on any atom is -0.455 e. The Morgan fingerprint density at radius 1 is 0.574 bits per heavy atom. The molecule has 0 spiro atoms. The van der Waals surface area contributed by atoms with Crippen LogP contribution < -0.4 is 11.1 Å². The highest BCUT2D eigenvalue weighted by Gasteiger charge is 2.19. The maximum absolute atomic E-state index is 6.84. The molecule has 10 rings (SSSR count). The van der Waals surface area contributed by atoms with Gasteiger partial charge in [-0.05, 0) is 76.2 Å². The summed E-state index contributed by atoms with van der Waals surface area (Å²) < 4.78 is 6.84. The molecule has 9 aromatic rings. The second kappa shape index (κ2) is 16.3. The molecular formula is C55H41N5O. The zero-order valence-electron chi connectivity index (χ0n) is 33.6. The predicted molar refractivity (Wildman–Crippen MR) is 252 cm³/mol. The van der Waals surface area contributed by atoms with Gasteiger partial charge in [0, 0.05) is 51.0 Å². The van der Waals surface area contributed by atoms with Crippen LogP contribution in [0.25, 0.3) is 101 Å². The summed E-state index contributed by atoms with van der Waals surface area (Å²) in [5.74, 6) is 1.88. The van der Waals surface area contributed by atoms with Crippen molar-refractivity contribution >= 4 is 33.3 Å². The second-order valence-corrected chi connectivity index (χ2v) is 15.0. The molecule has 7 aromatic carbocycles. The van der Waals surface area contributed by atoms with Gasteiger partial charge in [-0.3, -0.25) is 0 Å². The molecule has 0 radical (unpaired) electrons. The van der Waals surface area contributed by atoms with Gasteiger partial charge in [-0.15, -0.1) is 0 Å². The minimum atomic E-state index is 0.614. The van der Waals surface area contributed by atoms with Crippen molar-refractivity contribution in [3.05, 3.63) is 211 Å². The topological polar surface area (TPSA) is 89.9 Å². The molecule has 1 aliphatic rings. The first-order chi connectivity index (χ1) is 30.1. The van der Waals surface area contributed by atoms with Crippen molar-refractivity contribution in [3.63, 3.8) is 0 Å². The summed E-state index contributed by atoms with van der Waals surface area (Å²) in [6, 6.07) is 56.6. The summed E-state index contributed by atoms with van der Waals surface area (Å²) in [5, 5.41) is 5.58. The molecule has 0 fully saturated rings. The Balaban J connectivity index is 1.09.